The Kier molecular flexibility index (Phi) is 10.2. The fourth-order valence-corrected chi connectivity index (χ4v) is 6.26. The first-order valence-corrected chi connectivity index (χ1v) is 15.3. The van der Waals surface area contributed by atoms with E-state index in [-0.39, 0.29) is 17.8 Å². The third-order valence-electron chi connectivity index (χ3n) is 8.66. The molecule has 1 fully saturated rings. The molecule has 1 saturated heterocycles. The van der Waals surface area contributed by atoms with Crippen molar-refractivity contribution in [3.63, 3.8) is 0 Å². The van der Waals surface area contributed by atoms with Crippen molar-refractivity contribution in [1.82, 2.24) is 20.5 Å². The normalized spacial score (nSPS) is 16.5. The number of hydrogen-bond acceptors (Lipinski definition) is 6. The molecule has 2 N–H and O–H groups in total. The average molecular weight is 628 g/mol. The molecule has 2 aliphatic rings. The second kappa shape index (κ2) is 14.1. The molecule has 1 unspecified atom stereocenters. The van der Waals surface area contributed by atoms with E-state index in [1.165, 1.54) is 29.0 Å². The number of carbonyl (C=O) groups excluding carboxylic acids is 2. The zero-order valence-electron chi connectivity index (χ0n) is 24.7. The number of alkyl halides is 3. The van der Waals surface area contributed by atoms with Crippen molar-refractivity contribution in [2.45, 2.75) is 64.5 Å². The molecule has 0 radical (unpaired) electrons. The number of amides is 2. The van der Waals surface area contributed by atoms with E-state index in [4.69, 9.17) is 11.6 Å². The number of piperidine rings is 1. The van der Waals surface area contributed by atoms with Crippen LogP contribution in [-0.2, 0) is 35.4 Å². The Morgan fingerprint density at radius 3 is 2.59 bits per heavy atom. The van der Waals surface area contributed by atoms with Crippen molar-refractivity contribution >= 4 is 29.7 Å². The van der Waals surface area contributed by atoms with Crippen LogP contribution in [0.5, 0.6) is 0 Å². The first kappa shape index (κ1) is 31.9. The van der Waals surface area contributed by atoms with Crippen molar-refractivity contribution in [2.24, 2.45) is 5.92 Å². The van der Waals surface area contributed by atoms with Gasteiger partial charge in [0.05, 0.1) is 5.56 Å². The van der Waals surface area contributed by atoms with Gasteiger partial charge in [-0.25, -0.2) is 4.98 Å². The molecule has 0 saturated carbocycles. The number of hydrogen-bond donors (Lipinski definition) is 2. The summed E-state index contributed by atoms with van der Waals surface area (Å²) in [7, 11) is 0. The molecule has 3 heterocycles. The molecule has 0 bridgehead atoms. The lowest BCUT2D eigenvalue weighted by Crippen LogP contribution is -2.38. The minimum Gasteiger partial charge on any atom is -0.356 e. The summed E-state index contributed by atoms with van der Waals surface area (Å²) in [4.78, 5) is 30.4. The first-order chi connectivity index (χ1) is 21.1. The fourth-order valence-electron chi connectivity index (χ4n) is 6.07. The molecule has 234 valence electrons. The van der Waals surface area contributed by atoms with Gasteiger partial charge in [-0.05, 0) is 79.1 Å². The third-order valence-corrected chi connectivity index (χ3v) is 8.89. The number of nitrogens with zero attached hydrogens (tertiary/aromatic N) is 3. The van der Waals surface area contributed by atoms with Crippen LogP contribution in [0.1, 0.15) is 54.9 Å². The van der Waals surface area contributed by atoms with Gasteiger partial charge in [-0.15, -0.1) is 0 Å². The molecule has 0 spiro atoms. The lowest BCUT2D eigenvalue weighted by atomic mass is 9.96. The van der Waals surface area contributed by atoms with Crippen molar-refractivity contribution in [3.8, 4) is 11.1 Å². The van der Waals surface area contributed by atoms with E-state index < -0.39 is 11.7 Å². The summed E-state index contributed by atoms with van der Waals surface area (Å²) in [6.45, 7) is 6.32. The minimum atomic E-state index is -4.52. The van der Waals surface area contributed by atoms with E-state index in [2.05, 4.69) is 45.6 Å². The summed E-state index contributed by atoms with van der Waals surface area (Å²) in [5.74, 6) is 0.0998. The molecule has 3 aromatic rings. The second-order valence-corrected chi connectivity index (χ2v) is 12.2. The van der Waals surface area contributed by atoms with E-state index in [0.717, 1.165) is 39.0 Å². The molecule has 11 heteroatoms. The Morgan fingerprint density at radius 1 is 1.09 bits per heavy atom. The molecule has 44 heavy (non-hydrogen) atoms. The van der Waals surface area contributed by atoms with Crippen LogP contribution in [0.2, 0.25) is 5.02 Å². The molecule has 7 nitrogen and oxygen atoms in total. The van der Waals surface area contributed by atoms with E-state index in [9.17, 15) is 22.8 Å². The van der Waals surface area contributed by atoms with Crippen LogP contribution in [0, 0.1) is 5.92 Å². The van der Waals surface area contributed by atoms with Gasteiger partial charge in [0, 0.05) is 62.0 Å². The number of pyridine rings is 1. The fraction of sp³-hybridized carbons (Fsp3) is 0.424. The van der Waals surface area contributed by atoms with Crippen LogP contribution in [0.3, 0.4) is 0 Å². The average Bonchev–Trinajstić information content (AvgIpc) is 3.43. The van der Waals surface area contributed by atoms with Gasteiger partial charge in [0.25, 0.3) is 0 Å². The lowest BCUT2D eigenvalue weighted by molar-refractivity contribution is -0.137. The SMILES string of the molecule is CC(CCC(=O)NC=O)N1Cc2ccc(CNCC3CCN(c4ncc(-c5cccc(Cl)c5)cc4C(F)(F)F)CC3)cc2C1. The quantitative estimate of drug-likeness (QED) is 0.247. The summed E-state index contributed by atoms with van der Waals surface area (Å²) in [6.07, 6.45) is -0.0400. The molecule has 5 rings (SSSR count). The van der Waals surface area contributed by atoms with Crippen molar-refractivity contribution < 1.29 is 22.8 Å². The number of carbonyl (C=O) groups is 2. The predicted molar refractivity (Wildman–Crippen MR) is 165 cm³/mol. The molecule has 2 aromatic carbocycles. The summed E-state index contributed by atoms with van der Waals surface area (Å²) < 4.78 is 42.3. The molecule has 1 atom stereocenters. The van der Waals surface area contributed by atoms with Crippen LogP contribution in [0.25, 0.3) is 11.1 Å². The highest BCUT2D eigenvalue weighted by molar-refractivity contribution is 6.30. The van der Waals surface area contributed by atoms with Gasteiger partial charge in [-0.3, -0.25) is 19.8 Å². The molecule has 2 aliphatic heterocycles. The van der Waals surface area contributed by atoms with Gasteiger partial charge < -0.3 is 10.2 Å². The molecular weight excluding hydrogens is 591 g/mol. The standard InChI is InChI=1S/C33H37ClF3N5O2/c1-22(5-8-31(44)40-21-43)42-19-26-7-6-24(13-28(26)20-42)17-38-16-23-9-11-41(12-10-23)32-30(33(35,36)37)15-27(18-39-32)25-3-2-4-29(34)14-25/h2-4,6-7,13-15,18,21-23,38H,5,8-12,16-17,19-20H2,1H3,(H,40,43,44). The highest BCUT2D eigenvalue weighted by Gasteiger charge is 2.37. The maximum absolute atomic E-state index is 14.1. The maximum Gasteiger partial charge on any atom is 0.419 e. The van der Waals surface area contributed by atoms with Crippen molar-refractivity contribution in [3.05, 3.63) is 82.0 Å². The summed E-state index contributed by atoms with van der Waals surface area (Å²) >= 11 is 6.05. The highest BCUT2D eigenvalue weighted by Crippen LogP contribution is 2.39. The molecule has 2 amide bonds. The summed E-state index contributed by atoms with van der Waals surface area (Å²) in [5.41, 5.74) is 4.03. The number of anilines is 1. The number of fused-ring (bicyclic) bond motifs is 1. The maximum atomic E-state index is 14.1. The Labute approximate surface area is 260 Å². The van der Waals surface area contributed by atoms with Gasteiger partial charge in [-0.2, -0.15) is 13.2 Å². The predicted octanol–water partition coefficient (Wildman–Crippen LogP) is 6.18. The third kappa shape index (κ3) is 7.97. The van der Waals surface area contributed by atoms with Gasteiger partial charge in [0.15, 0.2) is 0 Å². The smallest absolute Gasteiger partial charge is 0.356 e. The largest absolute Gasteiger partial charge is 0.419 e. The Morgan fingerprint density at radius 2 is 1.86 bits per heavy atom. The minimum absolute atomic E-state index is 0.0135. The highest BCUT2D eigenvalue weighted by atomic mass is 35.5. The summed E-state index contributed by atoms with van der Waals surface area (Å²) in [5, 5.41) is 6.20. The Hall–Kier alpha value is -3.47. The number of aromatic nitrogens is 1. The molecule has 1 aromatic heterocycles. The summed E-state index contributed by atoms with van der Waals surface area (Å²) in [6, 6.07) is 14.7. The van der Waals surface area contributed by atoms with Crippen LogP contribution in [0.4, 0.5) is 19.0 Å². The number of benzene rings is 2. The Balaban J connectivity index is 1.11. The second-order valence-electron chi connectivity index (χ2n) is 11.7. The zero-order valence-corrected chi connectivity index (χ0v) is 25.4. The van der Waals surface area contributed by atoms with Gasteiger partial charge >= 0.3 is 6.18 Å². The van der Waals surface area contributed by atoms with E-state index >= 15 is 0 Å². The number of imide groups is 1. The van der Waals surface area contributed by atoms with Crippen molar-refractivity contribution in [1.29, 1.82) is 0 Å². The zero-order chi connectivity index (χ0) is 31.3. The van der Waals surface area contributed by atoms with E-state index in [1.54, 1.807) is 29.2 Å². The number of halogens is 4. The van der Waals surface area contributed by atoms with Gasteiger partial charge in [0.2, 0.25) is 12.3 Å². The van der Waals surface area contributed by atoms with Crippen LogP contribution >= 0.6 is 11.6 Å². The number of nitrogens with one attached hydrogen (secondary N) is 2. The Bertz CT molecular complexity index is 1480. The van der Waals surface area contributed by atoms with E-state index in [0.29, 0.717) is 54.4 Å². The van der Waals surface area contributed by atoms with Gasteiger partial charge in [0.1, 0.15) is 5.82 Å². The monoisotopic (exact) mass is 627 g/mol. The van der Waals surface area contributed by atoms with Gasteiger partial charge in [-0.1, -0.05) is 41.9 Å². The van der Waals surface area contributed by atoms with Crippen LogP contribution in [0.15, 0.2) is 54.7 Å². The molecular formula is C33H37ClF3N5O2. The topological polar surface area (TPSA) is 77.6 Å². The molecule has 0 aliphatic carbocycles. The number of rotatable bonds is 11. The van der Waals surface area contributed by atoms with Crippen LogP contribution in [-0.4, -0.2) is 47.9 Å². The van der Waals surface area contributed by atoms with Crippen LogP contribution < -0.4 is 15.5 Å². The lowest BCUT2D eigenvalue weighted by Gasteiger charge is -2.34. The first-order valence-electron chi connectivity index (χ1n) is 15.0. The van der Waals surface area contributed by atoms with Crippen molar-refractivity contribution in [2.75, 3.05) is 24.5 Å². The van der Waals surface area contributed by atoms with E-state index in [1.807, 2.05) is 0 Å².